The van der Waals surface area contributed by atoms with E-state index in [0.717, 1.165) is 0 Å². The summed E-state index contributed by atoms with van der Waals surface area (Å²) < 4.78 is 5.47. The van der Waals surface area contributed by atoms with Crippen molar-refractivity contribution >= 4 is 40.8 Å². The fraction of sp³-hybridized carbons (Fsp3) is 0.133. The molecule has 0 amide bonds. The molecule has 2 rings (SSSR count). The molecular weight excluding hydrogens is 335 g/mol. The highest BCUT2D eigenvalue weighted by atomic mass is 35.5. The number of hydrogen-bond acceptors (Lipinski definition) is 2. The highest BCUT2D eigenvalue weighted by molar-refractivity contribution is 6.42. The van der Waals surface area contributed by atoms with Crippen molar-refractivity contribution in [2.24, 2.45) is 0 Å². The van der Waals surface area contributed by atoms with Gasteiger partial charge in [-0.3, -0.25) is 0 Å². The van der Waals surface area contributed by atoms with Gasteiger partial charge >= 0.3 is 5.97 Å². The van der Waals surface area contributed by atoms with Crippen LogP contribution in [-0.2, 0) is 11.2 Å². The number of ether oxygens (including phenoxy) is 1. The topological polar surface area (TPSA) is 46.5 Å². The van der Waals surface area contributed by atoms with Crippen LogP contribution in [-0.4, -0.2) is 17.2 Å². The van der Waals surface area contributed by atoms with E-state index in [4.69, 9.17) is 39.5 Å². The molecule has 0 saturated carbocycles. The molecule has 0 heterocycles. The molecule has 0 unspecified atom stereocenters. The van der Waals surface area contributed by atoms with Gasteiger partial charge in [-0.1, -0.05) is 53.0 Å². The van der Waals surface area contributed by atoms with E-state index < -0.39 is 12.1 Å². The van der Waals surface area contributed by atoms with E-state index in [1.165, 1.54) is 0 Å². The molecule has 1 N–H and O–H groups in total. The van der Waals surface area contributed by atoms with Gasteiger partial charge in [0.05, 0.1) is 15.1 Å². The first-order chi connectivity index (χ1) is 9.97. The lowest BCUT2D eigenvalue weighted by Gasteiger charge is -2.16. The first kappa shape index (κ1) is 16.0. The lowest BCUT2D eigenvalue weighted by atomic mass is 10.1. The molecule has 0 saturated heterocycles. The number of carboxylic acids is 1. The monoisotopic (exact) mass is 344 g/mol. The van der Waals surface area contributed by atoms with Gasteiger partial charge in [-0.2, -0.15) is 0 Å². The smallest absolute Gasteiger partial charge is 0.345 e. The summed E-state index contributed by atoms with van der Waals surface area (Å²) in [4.78, 5) is 11.3. The molecule has 3 nitrogen and oxygen atoms in total. The largest absolute Gasteiger partial charge is 0.478 e. The summed E-state index contributed by atoms with van der Waals surface area (Å²) in [6, 6.07) is 11.7. The van der Waals surface area contributed by atoms with Gasteiger partial charge in [-0.15, -0.1) is 0 Å². The van der Waals surface area contributed by atoms with E-state index in [0.29, 0.717) is 26.4 Å². The summed E-state index contributed by atoms with van der Waals surface area (Å²) in [5, 5.41) is 10.4. The Kier molecular flexibility index (Phi) is 5.34. The zero-order valence-corrected chi connectivity index (χ0v) is 13.0. The Bertz CT molecular complexity index is 658. The summed E-state index contributed by atoms with van der Waals surface area (Å²) in [5.74, 6) is -0.757. The van der Waals surface area contributed by atoms with Crippen LogP contribution in [0.2, 0.25) is 15.1 Å². The van der Waals surface area contributed by atoms with Crippen molar-refractivity contribution in [1.29, 1.82) is 0 Å². The molecule has 2 aromatic carbocycles. The van der Waals surface area contributed by atoms with E-state index in [1.807, 2.05) is 0 Å². The average molecular weight is 346 g/mol. The molecule has 1 atom stereocenters. The number of carboxylic acid groups (broad SMARTS) is 1. The summed E-state index contributed by atoms with van der Waals surface area (Å²) >= 11 is 17.7. The predicted molar refractivity (Wildman–Crippen MR) is 83.7 cm³/mol. The average Bonchev–Trinajstić information content (AvgIpc) is 2.44. The molecule has 0 radical (unpaired) electrons. The van der Waals surface area contributed by atoms with Gasteiger partial charge in [0.1, 0.15) is 5.75 Å². The van der Waals surface area contributed by atoms with Crippen LogP contribution >= 0.6 is 34.8 Å². The third-order valence-corrected chi connectivity index (χ3v) is 3.84. The van der Waals surface area contributed by atoms with E-state index in [9.17, 15) is 9.90 Å². The van der Waals surface area contributed by atoms with Crippen molar-refractivity contribution in [3.63, 3.8) is 0 Å². The zero-order valence-electron chi connectivity index (χ0n) is 10.7. The minimum atomic E-state index is -1.08. The van der Waals surface area contributed by atoms with Crippen LogP contribution in [0.4, 0.5) is 0 Å². The van der Waals surface area contributed by atoms with Crippen molar-refractivity contribution < 1.29 is 14.6 Å². The molecule has 0 fully saturated rings. The van der Waals surface area contributed by atoms with Gasteiger partial charge in [-0.25, -0.2) is 4.79 Å². The Morgan fingerprint density at radius 3 is 2.38 bits per heavy atom. The Morgan fingerprint density at radius 1 is 1.05 bits per heavy atom. The van der Waals surface area contributed by atoms with Crippen LogP contribution in [0, 0.1) is 0 Å². The number of benzene rings is 2. The van der Waals surface area contributed by atoms with Gasteiger partial charge in [0.25, 0.3) is 0 Å². The van der Waals surface area contributed by atoms with E-state index in [2.05, 4.69) is 0 Å². The molecule has 21 heavy (non-hydrogen) atoms. The highest BCUT2D eigenvalue weighted by Crippen LogP contribution is 2.26. The zero-order chi connectivity index (χ0) is 15.4. The Labute approximate surface area is 137 Å². The summed E-state index contributed by atoms with van der Waals surface area (Å²) in [6.07, 6.45) is -0.917. The van der Waals surface area contributed by atoms with Crippen LogP contribution in [0.5, 0.6) is 5.75 Å². The maximum atomic E-state index is 11.3. The molecule has 2 aromatic rings. The maximum Gasteiger partial charge on any atom is 0.345 e. The standard InChI is InChI=1S/C15H11Cl3O3/c16-10-6-5-9(7-12(10)18)8-14(15(19)20)21-13-4-2-1-3-11(13)17/h1-7,14H,8H2,(H,19,20)/t14-/m1/s1. The number of carbonyl (C=O) groups is 1. The van der Waals surface area contributed by atoms with Crippen LogP contribution in [0.15, 0.2) is 42.5 Å². The molecule has 0 aliphatic heterocycles. The third kappa shape index (κ3) is 4.27. The second-order valence-corrected chi connectivity index (χ2v) is 5.55. The Morgan fingerprint density at radius 2 is 1.76 bits per heavy atom. The second kappa shape index (κ2) is 7.03. The van der Waals surface area contributed by atoms with Gasteiger partial charge in [0, 0.05) is 6.42 Å². The first-order valence-electron chi connectivity index (χ1n) is 6.05. The quantitative estimate of drug-likeness (QED) is 0.852. The molecular formula is C15H11Cl3O3. The Balaban J connectivity index is 2.18. The molecule has 0 aliphatic carbocycles. The fourth-order valence-electron chi connectivity index (χ4n) is 1.75. The van der Waals surface area contributed by atoms with Crippen molar-refractivity contribution in [3.05, 3.63) is 63.1 Å². The van der Waals surface area contributed by atoms with Crippen LogP contribution in [0.25, 0.3) is 0 Å². The van der Waals surface area contributed by atoms with E-state index in [1.54, 1.807) is 42.5 Å². The van der Waals surface area contributed by atoms with Crippen molar-refractivity contribution in [2.75, 3.05) is 0 Å². The first-order valence-corrected chi connectivity index (χ1v) is 7.18. The lowest BCUT2D eigenvalue weighted by molar-refractivity contribution is -0.145. The van der Waals surface area contributed by atoms with Crippen LogP contribution in [0.3, 0.4) is 0 Å². The molecule has 0 spiro atoms. The molecule has 0 aliphatic rings. The molecule has 6 heteroatoms. The minimum absolute atomic E-state index is 0.150. The SMILES string of the molecule is O=C(O)[C@@H](Cc1ccc(Cl)c(Cl)c1)Oc1ccccc1Cl. The van der Waals surface area contributed by atoms with Gasteiger partial charge < -0.3 is 9.84 Å². The summed E-state index contributed by atoms with van der Waals surface area (Å²) in [6.45, 7) is 0. The van der Waals surface area contributed by atoms with E-state index in [-0.39, 0.29) is 6.42 Å². The number of aliphatic carboxylic acids is 1. The van der Waals surface area contributed by atoms with Gasteiger partial charge in [-0.05, 0) is 29.8 Å². The van der Waals surface area contributed by atoms with Crippen LogP contribution < -0.4 is 4.74 Å². The highest BCUT2D eigenvalue weighted by Gasteiger charge is 2.21. The van der Waals surface area contributed by atoms with E-state index >= 15 is 0 Å². The lowest BCUT2D eigenvalue weighted by Crippen LogP contribution is -2.29. The van der Waals surface area contributed by atoms with Crippen molar-refractivity contribution in [2.45, 2.75) is 12.5 Å². The van der Waals surface area contributed by atoms with Crippen LogP contribution in [0.1, 0.15) is 5.56 Å². The number of para-hydroxylation sites is 1. The number of hydrogen-bond donors (Lipinski definition) is 1. The molecule has 0 aromatic heterocycles. The summed E-state index contributed by atoms with van der Waals surface area (Å²) in [5.41, 5.74) is 0.712. The second-order valence-electron chi connectivity index (χ2n) is 4.33. The van der Waals surface area contributed by atoms with Gasteiger partial charge in [0.15, 0.2) is 6.10 Å². The predicted octanol–water partition coefficient (Wildman–Crippen LogP) is 4.72. The Hall–Kier alpha value is -1.42. The minimum Gasteiger partial charge on any atom is -0.478 e. The van der Waals surface area contributed by atoms with Crippen molar-refractivity contribution in [3.8, 4) is 5.75 Å². The third-order valence-electron chi connectivity index (χ3n) is 2.79. The maximum absolute atomic E-state index is 11.3. The van der Waals surface area contributed by atoms with Gasteiger partial charge in [0.2, 0.25) is 0 Å². The molecule has 110 valence electrons. The molecule has 0 bridgehead atoms. The fourth-order valence-corrected chi connectivity index (χ4v) is 2.25. The normalized spacial score (nSPS) is 12.0. The summed E-state index contributed by atoms with van der Waals surface area (Å²) in [7, 11) is 0. The number of rotatable bonds is 5. The van der Waals surface area contributed by atoms with Crippen molar-refractivity contribution in [1.82, 2.24) is 0 Å². The number of halogens is 3.